The maximum Gasteiger partial charge on any atom is 0.340 e. The molecule has 2 aromatic carbocycles. The lowest BCUT2D eigenvalue weighted by Crippen LogP contribution is -2.28. The van der Waals surface area contributed by atoms with E-state index in [0.29, 0.717) is 5.56 Å². The molecule has 0 heterocycles. The van der Waals surface area contributed by atoms with Gasteiger partial charge in [0.1, 0.15) is 5.82 Å². The number of halogens is 2. The summed E-state index contributed by atoms with van der Waals surface area (Å²) in [7, 11) is 0. The Morgan fingerprint density at radius 3 is 2.48 bits per heavy atom. The van der Waals surface area contributed by atoms with Crippen molar-refractivity contribution in [2.75, 3.05) is 6.61 Å². The summed E-state index contributed by atoms with van der Waals surface area (Å²) in [6.45, 7) is -0.400. The Kier molecular flexibility index (Phi) is 6.02. The molecular weight excluding hydrogens is 355 g/mol. The predicted octanol–water partition coefficient (Wildman–Crippen LogP) is 2.86. The molecule has 0 aliphatic rings. The molecule has 9 heteroatoms. The van der Waals surface area contributed by atoms with E-state index in [2.05, 4.69) is 5.32 Å². The highest BCUT2D eigenvalue weighted by molar-refractivity contribution is 6.33. The van der Waals surface area contributed by atoms with Crippen molar-refractivity contribution in [2.24, 2.45) is 0 Å². The van der Waals surface area contributed by atoms with E-state index in [9.17, 15) is 24.1 Å². The number of nitro groups is 1. The summed E-state index contributed by atoms with van der Waals surface area (Å²) in [5.74, 6) is -1.82. The molecule has 1 N–H and O–H groups in total. The van der Waals surface area contributed by atoms with E-state index in [4.69, 9.17) is 16.3 Å². The molecule has 25 heavy (non-hydrogen) atoms. The fraction of sp³-hybridized carbons (Fsp3) is 0.125. The van der Waals surface area contributed by atoms with Crippen molar-refractivity contribution in [1.82, 2.24) is 5.32 Å². The predicted molar refractivity (Wildman–Crippen MR) is 86.6 cm³/mol. The van der Waals surface area contributed by atoms with Crippen molar-refractivity contribution in [3.63, 3.8) is 0 Å². The highest BCUT2D eigenvalue weighted by Gasteiger charge is 2.17. The number of benzene rings is 2. The first-order chi connectivity index (χ1) is 11.9. The highest BCUT2D eigenvalue weighted by Crippen LogP contribution is 2.23. The number of nitrogens with one attached hydrogen (secondary N) is 1. The first-order valence-corrected chi connectivity index (χ1v) is 7.37. The number of non-ortho nitro benzene ring substituents is 1. The minimum atomic E-state index is -0.878. The van der Waals surface area contributed by atoms with E-state index < -0.39 is 23.4 Å². The van der Waals surface area contributed by atoms with Gasteiger partial charge >= 0.3 is 5.97 Å². The van der Waals surface area contributed by atoms with Gasteiger partial charge in [-0.05, 0) is 23.8 Å². The average molecular weight is 367 g/mol. The van der Waals surface area contributed by atoms with Crippen LogP contribution >= 0.6 is 11.6 Å². The second kappa shape index (κ2) is 8.20. The molecule has 0 saturated heterocycles. The van der Waals surface area contributed by atoms with Crippen molar-refractivity contribution in [1.29, 1.82) is 0 Å². The van der Waals surface area contributed by atoms with Crippen LogP contribution in [0, 0.1) is 15.9 Å². The lowest BCUT2D eigenvalue weighted by molar-refractivity contribution is -0.384. The summed E-state index contributed by atoms with van der Waals surface area (Å²) in [6.07, 6.45) is 0. The molecule has 0 aromatic heterocycles. The summed E-state index contributed by atoms with van der Waals surface area (Å²) in [6, 6.07) is 8.83. The minimum Gasteiger partial charge on any atom is -0.452 e. The van der Waals surface area contributed by atoms with Gasteiger partial charge in [0, 0.05) is 18.7 Å². The minimum absolute atomic E-state index is 0.0846. The molecule has 7 nitrogen and oxygen atoms in total. The Labute approximate surface area is 146 Å². The van der Waals surface area contributed by atoms with Crippen LogP contribution in [-0.2, 0) is 16.1 Å². The van der Waals surface area contributed by atoms with E-state index in [1.165, 1.54) is 24.3 Å². The number of hydrogen-bond acceptors (Lipinski definition) is 5. The Hall–Kier alpha value is -3.00. The van der Waals surface area contributed by atoms with Crippen LogP contribution in [0.3, 0.4) is 0 Å². The topological polar surface area (TPSA) is 98.5 Å². The third-order valence-corrected chi connectivity index (χ3v) is 3.43. The Bertz CT molecular complexity index is 811. The Morgan fingerprint density at radius 2 is 1.88 bits per heavy atom. The van der Waals surface area contributed by atoms with Gasteiger partial charge in [-0.1, -0.05) is 23.7 Å². The number of esters is 1. The van der Waals surface area contributed by atoms with Gasteiger partial charge in [-0.15, -0.1) is 0 Å². The smallest absolute Gasteiger partial charge is 0.340 e. The molecule has 0 fully saturated rings. The summed E-state index contributed by atoms with van der Waals surface area (Å²) >= 11 is 5.80. The maximum atomic E-state index is 12.8. The fourth-order valence-electron chi connectivity index (χ4n) is 1.85. The SMILES string of the molecule is O=C(COC(=O)c1ccc([N+](=O)[O-])cc1Cl)NCc1ccc(F)cc1. The fourth-order valence-corrected chi connectivity index (χ4v) is 2.10. The molecule has 0 radical (unpaired) electrons. The molecule has 130 valence electrons. The summed E-state index contributed by atoms with van der Waals surface area (Å²) < 4.78 is 17.6. The van der Waals surface area contributed by atoms with Gasteiger partial charge in [0.15, 0.2) is 6.61 Å². The third-order valence-electron chi connectivity index (χ3n) is 3.12. The number of nitrogens with zero attached hydrogens (tertiary/aromatic N) is 1. The van der Waals surface area contributed by atoms with Gasteiger partial charge < -0.3 is 10.1 Å². The van der Waals surface area contributed by atoms with Gasteiger partial charge in [0.25, 0.3) is 11.6 Å². The van der Waals surface area contributed by atoms with E-state index >= 15 is 0 Å². The zero-order chi connectivity index (χ0) is 18.4. The third kappa shape index (κ3) is 5.25. The number of hydrogen-bond donors (Lipinski definition) is 1. The molecule has 2 rings (SSSR count). The van der Waals surface area contributed by atoms with Crippen LogP contribution in [0.15, 0.2) is 42.5 Å². The van der Waals surface area contributed by atoms with Crippen molar-refractivity contribution in [3.8, 4) is 0 Å². The summed E-state index contributed by atoms with van der Waals surface area (Å²) in [4.78, 5) is 33.5. The Balaban J connectivity index is 1.85. The zero-order valence-electron chi connectivity index (χ0n) is 12.7. The van der Waals surface area contributed by atoms with E-state index in [1.807, 2.05) is 0 Å². The van der Waals surface area contributed by atoms with E-state index in [-0.39, 0.29) is 28.6 Å². The monoisotopic (exact) mass is 366 g/mol. The van der Waals surface area contributed by atoms with Gasteiger partial charge in [-0.25, -0.2) is 9.18 Å². The van der Waals surface area contributed by atoms with Gasteiger partial charge in [0.2, 0.25) is 0 Å². The lowest BCUT2D eigenvalue weighted by Gasteiger charge is -2.07. The number of amides is 1. The summed E-state index contributed by atoms with van der Waals surface area (Å²) in [5.41, 5.74) is 0.330. The first-order valence-electron chi connectivity index (χ1n) is 6.99. The van der Waals surface area contributed by atoms with Crippen LogP contribution in [0.4, 0.5) is 10.1 Å². The molecule has 0 unspecified atom stereocenters. The number of nitro benzene ring substituents is 1. The quantitative estimate of drug-likeness (QED) is 0.481. The van der Waals surface area contributed by atoms with Crippen LogP contribution in [0.25, 0.3) is 0 Å². The molecule has 0 saturated carbocycles. The standard InChI is InChI=1S/C16H12ClFN2O5/c17-14-7-12(20(23)24)5-6-13(14)16(22)25-9-15(21)19-8-10-1-3-11(18)4-2-10/h1-7H,8-9H2,(H,19,21). The molecule has 0 aliphatic carbocycles. The van der Waals surface area contributed by atoms with Crippen molar-refractivity contribution in [2.45, 2.75) is 6.54 Å². The van der Waals surface area contributed by atoms with E-state index in [1.54, 1.807) is 0 Å². The molecule has 0 aliphatic heterocycles. The van der Waals surface area contributed by atoms with Gasteiger partial charge in [-0.2, -0.15) is 0 Å². The average Bonchev–Trinajstić information content (AvgIpc) is 2.59. The lowest BCUT2D eigenvalue weighted by atomic mass is 10.2. The highest BCUT2D eigenvalue weighted by atomic mass is 35.5. The van der Waals surface area contributed by atoms with Crippen molar-refractivity contribution < 1.29 is 23.6 Å². The van der Waals surface area contributed by atoms with Crippen molar-refractivity contribution in [3.05, 3.63) is 74.5 Å². The zero-order valence-corrected chi connectivity index (χ0v) is 13.5. The number of carbonyl (C=O) groups excluding carboxylic acids is 2. The van der Waals surface area contributed by atoms with Crippen LogP contribution in [0.5, 0.6) is 0 Å². The molecule has 2 aromatic rings. The first kappa shape index (κ1) is 18.3. The van der Waals surface area contributed by atoms with Crippen LogP contribution in [0.1, 0.15) is 15.9 Å². The number of carbonyl (C=O) groups is 2. The normalized spacial score (nSPS) is 10.2. The molecule has 0 bridgehead atoms. The largest absolute Gasteiger partial charge is 0.452 e. The molecule has 0 spiro atoms. The van der Waals surface area contributed by atoms with Crippen molar-refractivity contribution >= 4 is 29.2 Å². The number of rotatable bonds is 6. The van der Waals surface area contributed by atoms with Crippen LogP contribution in [-0.4, -0.2) is 23.4 Å². The van der Waals surface area contributed by atoms with Gasteiger partial charge in [0.05, 0.1) is 15.5 Å². The Morgan fingerprint density at radius 1 is 1.20 bits per heavy atom. The van der Waals surface area contributed by atoms with Crippen LogP contribution < -0.4 is 5.32 Å². The van der Waals surface area contributed by atoms with Crippen LogP contribution in [0.2, 0.25) is 5.02 Å². The summed E-state index contributed by atoms with van der Waals surface area (Å²) in [5, 5.41) is 13.0. The van der Waals surface area contributed by atoms with Gasteiger partial charge in [-0.3, -0.25) is 14.9 Å². The molecular formula is C16H12ClFN2O5. The molecule has 0 atom stereocenters. The maximum absolute atomic E-state index is 12.8. The number of ether oxygens (including phenoxy) is 1. The second-order valence-corrected chi connectivity index (χ2v) is 5.31. The van der Waals surface area contributed by atoms with E-state index in [0.717, 1.165) is 18.2 Å². The second-order valence-electron chi connectivity index (χ2n) is 4.90. The molecule has 1 amide bonds.